The van der Waals surface area contributed by atoms with Gasteiger partial charge in [0.2, 0.25) is 5.91 Å². The van der Waals surface area contributed by atoms with Gasteiger partial charge in [0.05, 0.1) is 10.6 Å². The van der Waals surface area contributed by atoms with Crippen molar-refractivity contribution in [2.45, 2.75) is 62.3 Å². The maximum absolute atomic E-state index is 13.9. The molecule has 0 saturated carbocycles. The van der Waals surface area contributed by atoms with Gasteiger partial charge in [-0.2, -0.15) is 13.2 Å². The van der Waals surface area contributed by atoms with E-state index in [1.165, 1.54) is 4.90 Å². The molecule has 3 N–H and O–H groups in total. The van der Waals surface area contributed by atoms with Gasteiger partial charge >= 0.3 is 12.3 Å². The monoisotopic (exact) mass is 703 g/mol. The summed E-state index contributed by atoms with van der Waals surface area (Å²) in [5.41, 5.74) is -0.0480. The number of anilines is 1. The summed E-state index contributed by atoms with van der Waals surface area (Å²) in [5.74, 6) is -1.74. The average molecular weight is 704 g/mol. The standard InChI is InChI=1S/C35H41ClF3N5O5/c1-3-13-42(2)18-12-40-24-8-14-43(15-9-24)32(47)29(21-23-19-26(35(37,38)39)31(46)27(36)20-23)49-33(48)44-16-10-34(11-17-44)22-30(45)41-28-7-5-4-6-25(28)34/h3-7,12,18-20,24,29,40,46H,1,8-11,13-17,21-22H2,2H3,(H,41,45)/b18-12-/t29-/m1/s1. The number of hydrogen-bond donors (Lipinski definition) is 3. The summed E-state index contributed by atoms with van der Waals surface area (Å²) < 4.78 is 46.9. The van der Waals surface area contributed by atoms with E-state index < -0.39 is 46.0 Å². The van der Waals surface area contributed by atoms with Crippen LogP contribution in [0, 0.1) is 0 Å². The molecule has 5 rings (SSSR count). The van der Waals surface area contributed by atoms with Crippen LogP contribution in [0.25, 0.3) is 0 Å². The predicted octanol–water partition coefficient (Wildman–Crippen LogP) is 5.66. The van der Waals surface area contributed by atoms with Crippen LogP contribution in [-0.4, -0.2) is 89.6 Å². The number of aromatic hydroxyl groups is 1. The molecule has 3 heterocycles. The van der Waals surface area contributed by atoms with Crippen molar-refractivity contribution in [3.63, 3.8) is 0 Å². The first-order valence-corrected chi connectivity index (χ1v) is 16.6. The number of phenols is 1. The second-order valence-corrected chi connectivity index (χ2v) is 13.3. The van der Waals surface area contributed by atoms with Crippen molar-refractivity contribution in [1.29, 1.82) is 0 Å². The molecule has 3 aliphatic rings. The fraction of sp³-hybridized carbons (Fsp3) is 0.457. The minimum atomic E-state index is -4.90. The molecule has 0 aromatic heterocycles. The van der Waals surface area contributed by atoms with E-state index in [0.29, 0.717) is 45.3 Å². The van der Waals surface area contributed by atoms with Gasteiger partial charge in [0.15, 0.2) is 6.10 Å². The number of amides is 3. The van der Waals surface area contributed by atoms with Gasteiger partial charge in [-0.25, -0.2) is 4.79 Å². The van der Waals surface area contributed by atoms with Gasteiger partial charge in [-0.05, 0) is 55.0 Å². The number of alkyl halides is 3. The summed E-state index contributed by atoms with van der Waals surface area (Å²) >= 11 is 5.97. The smallest absolute Gasteiger partial charge is 0.420 e. The van der Waals surface area contributed by atoms with Crippen LogP contribution in [0.5, 0.6) is 5.75 Å². The second kappa shape index (κ2) is 15.0. The van der Waals surface area contributed by atoms with E-state index in [9.17, 15) is 32.7 Å². The Morgan fingerprint density at radius 1 is 1.18 bits per heavy atom. The van der Waals surface area contributed by atoms with E-state index in [4.69, 9.17) is 16.3 Å². The number of carbonyl (C=O) groups excluding carboxylic acids is 3. The van der Waals surface area contributed by atoms with E-state index >= 15 is 0 Å². The number of para-hydroxylation sites is 1. The number of ether oxygens (including phenoxy) is 1. The van der Waals surface area contributed by atoms with Crippen LogP contribution in [-0.2, 0) is 32.3 Å². The van der Waals surface area contributed by atoms with E-state index in [-0.39, 0.29) is 43.4 Å². The van der Waals surface area contributed by atoms with E-state index in [1.54, 1.807) is 11.0 Å². The van der Waals surface area contributed by atoms with Crippen molar-refractivity contribution in [2.24, 2.45) is 0 Å². The molecule has 0 radical (unpaired) electrons. The first kappa shape index (κ1) is 35.9. The largest absolute Gasteiger partial charge is 0.506 e. The average Bonchev–Trinajstić information content (AvgIpc) is 3.06. The Balaban J connectivity index is 1.30. The predicted molar refractivity (Wildman–Crippen MR) is 179 cm³/mol. The van der Waals surface area contributed by atoms with Crippen molar-refractivity contribution in [2.75, 3.05) is 45.1 Å². The SMILES string of the molecule is C=CCN(C)/C=C\NC1CCN(C(=O)[C@@H](Cc2cc(Cl)c(O)c(C(F)(F)F)c2)OC(=O)N2CCC3(CC2)CC(=O)Nc2ccccc23)CC1. The number of fused-ring (bicyclic) bond motifs is 2. The van der Waals surface area contributed by atoms with E-state index in [2.05, 4.69) is 17.2 Å². The van der Waals surface area contributed by atoms with Crippen molar-refractivity contribution in [3.05, 3.63) is 83.2 Å². The maximum Gasteiger partial charge on any atom is 0.420 e. The first-order valence-electron chi connectivity index (χ1n) is 16.3. The van der Waals surface area contributed by atoms with Gasteiger partial charge in [-0.3, -0.25) is 9.59 Å². The molecule has 264 valence electrons. The van der Waals surface area contributed by atoms with E-state index in [1.807, 2.05) is 48.6 Å². The number of rotatable bonds is 9. The number of nitrogens with one attached hydrogen (secondary N) is 2. The molecule has 49 heavy (non-hydrogen) atoms. The van der Waals surface area contributed by atoms with Crippen LogP contribution in [0.3, 0.4) is 0 Å². The van der Waals surface area contributed by atoms with Gasteiger partial charge in [0, 0.05) is 82.2 Å². The van der Waals surface area contributed by atoms with Crippen LogP contribution in [0.1, 0.15) is 48.8 Å². The highest BCUT2D eigenvalue weighted by Crippen LogP contribution is 2.45. The third kappa shape index (κ3) is 8.44. The third-order valence-corrected chi connectivity index (χ3v) is 9.79. The van der Waals surface area contributed by atoms with Crippen LogP contribution < -0.4 is 10.6 Å². The van der Waals surface area contributed by atoms with Crippen LogP contribution in [0.4, 0.5) is 23.7 Å². The number of nitrogens with zero attached hydrogens (tertiary/aromatic N) is 3. The lowest BCUT2D eigenvalue weighted by Gasteiger charge is -2.44. The minimum Gasteiger partial charge on any atom is -0.506 e. The zero-order chi connectivity index (χ0) is 35.3. The lowest BCUT2D eigenvalue weighted by Crippen LogP contribution is -2.51. The summed E-state index contributed by atoms with van der Waals surface area (Å²) in [4.78, 5) is 45.0. The number of carbonyl (C=O) groups is 3. The molecule has 0 aliphatic carbocycles. The van der Waals surface area contributed by atoms with Crippen molar-refractivity contribution < 1.29 is 37.4 Å². The van der Waals surface area contributed by atoms with E-state index in [0.717, 1.165) is 23.4 Å². The zero-order valence-corrected chi connectivity index (χ0v) is 28.0. The highest BCUT2D eigenvalue weighted by atomic mass is 35.5. The molecule has 2 aromatic carbocycles. The molecule has 10 nitrogen and oxygen atoms in total. The second-order valence-electron chi connectivity index (χ2n) is 12.9. The number of likely N-dealkylation sites (N-methyl/N-ethyl adjacent to an activating group) is 1. The van der Waals surface area contributed by atoms with Crippen LogP contribution in [0.2, 0.25) is 5.02 Å². The molecule has 0 bridgehead atoms. The van der Waals surface area contributed by atoms with Crippen molar-refractivity contribution in [1.82, 2.24) is 20.0 Å². The van der Waals surface area contributed by atoms with Crippen molar-refractivity contribution >= 4 is 35.2 Å². The normalized spacial score (nSPS) is 18.5. The molecule has 1 atom stereocenters. The summed E-state index contributed by atoms with van der Waals surface area (Å²) in [6.45, 7) is 5.61. The number of halogens is 4. The molecule has 2 fully saturated rings. The third-order valence-electron chi connectivity index (χ3n) is 9.50. The van der Waals surface area contributed by atoms with Gasteiger partial charge < -0.3 is 35.2 Å². The Hall–Kier alpha value is -4.39. The molecule has 14 heteroatoms. The molecule has 2 saturated heterocycles. The van der Waals surface area contributed by atoms with Crippen molar-refractivity contribution in [3.8, 4) is 5.75 Å². The summed E-state index contributed by atoms with van der Waals surface area (Å²) in [6.07, 6.45) is 0.491. The van der Waals surface area contributed by atoms with Gasteiger partial charge in [0.1, 0.15) is 5.75 Å². The molecule has 3 aliphatic heterocycles. The maximum atomic E-state index is 13.9. The number of likely N-dealkylation sites (tertiary alicyclic amines) is 2. The quantitative estimate of drug-likeness (QED) is 0.289. The minimum absolute atomic E-state index is 0.0194. The van der Waals surface area contributed by atoms with Crippen LogP contribution >= 0.6 is 11.6 Å². The molecule has 0 unspecified atom stereocenters. The number of hydrogen-bond acceptors (Lipinski definition) is 7. The van der Waals surface area contributed by atoms with Crippen LogP contribution in [0.15, 0.2) is 61.5 Å². The topological polar surface area (TPSA) is 114 Å². The lowest BCUT2D eigenvalue weighted by molar-refractivity contribution is -0.142. The Kier molecular flexibility index (Phi) is 11.0. The molecule has 1 spiro atoms. The van der Waals surface area contributed by atoms with Gasteiger partial charge in [-0.15, -0.1) is 6.58 Å². The van der Waals surface area contributed by atoms with Gasteiger partial charge in [-0.1, -0.05) is 35.9 Å². The molecular weight excluding hydrogens is 663 g/mol. The fourth-order valence-corrected chi connectivity index (χ4v) is 7.08. The molecule has 2 aromatic rings. The summed E-state index contributed by atoms with van der Waals surface area (Å²) in [6, 6.07) is 9.54. The Morgan fingerprint density at radius 2 is 1.88 bits per heavy atom. The lowest BCUT2D eigenvalue weighted by atomic mass is 9.68. The molecular formula is C35H41ClF3N5O5. The van der Waals surface area contributed by atoms with Gasteiger partial charge in [0.25, 0.3) is 5.91 Å². The fourth-order valence-electron chi connectivity index (χ4n) is 6.83. The molecule has 3 amide bonds. The number of phenolic OH excluding ortho intramolecular Hbond substituents is 1. The number of benzene rings is 2. The Bertz CT molecular complexity index is 1590. The Morgan fingerprint density at radius 3 is 2.55 bits per heavy atom. The zero-order valence-electron chi connectivity index (χ0n) is 27.3. The highest BCUT2D eigenvalue weighted by molar-refractivity contribution is 6.32. The number of piperidine rings is 2. The summed E-state index contributed by atoms with van der Waals surface area (Å²) in [5, 5.41) is 15.7. The first-order chi connectivity index (χ1) is 23.3. The summed E-state index contributed by atoms with van der Waals surface area (Å²) in [7, 11) is 1.91. The Labute approximate surface area is 288 Å². The highest BCUT2D eigenvalue weighted by Gasteiger charge is 2.44.